The molecule has 0 radical (unpaired) electrons. The van der Waals surface area contributed by atoms with Gasteiger partial charge in [0.2, 0.25) is 0 Å². The molecule has 0 aliphatic carbocycles. The van der Waals surface area contributed by atoms with Crippen molar-refractivity contribution in [3.05, 3.63) is 59.9 Å². The standard InChI is InChI=1S/C22H27N5OS/c1-3-5-14-20-23-18-12-8-9-13-19(18)27(20)15-21(28)25-26-22(29)24-17-11-7-6-10-16(17)4-2/h6-13H,3-5,14-15H2,1-2H3,(H,25,28)(H2,24,26,29). The van der Waals surface area contributed by atoms with E-state index in [1.54, 1.807) is 0 Å². The molecule has 1 amide bonds. The van der Waals surface area contributed by atoms with E-state index in [0.717, 1.165) is 53.8 Å². The summed E-state index contributed by atoms with van der Waals surface area (Å²) in [5.74, 6) is 0.750. The summed E-state index contributed by atoms with van der Waals surface area (Å²) in [5, 5.41) is 3.48. The van der Waals surface area contributed by atoms with E-state index in [1.165, 1.54) is 0 Å². The Bertz CT molecular complexity index is 998. The summed E-state index contributed by atoms with van der Waals surface area (Å²) in [6, 6.07) is 15.8. The Balaban J connectivity index is 1.62. The maximum Gasteiger partial charge on any atom is 0.258 e. The number of benzene rings is 2. The van der Waals surface area contributed by atoms with Gasteiger partial charge in [-0.3, -0.25) is 15.6 Å². The second-order valence-electron chi connectivity index (χ2n) is 6.84. The van der Waals surface area contributed by atoms with Gasteiger partial charge in [0.15, 0.2) is 5.11 Å². The Labute approximate surface area is 176 Å². The molecule has 0 atom stereocenters. The molecule has 0 aliphatic heterocycles. The van der Waals surface area contributed by atoms with Gasteiger partial charge in [0.25, 0.3) is 5.91 Å². The van der Waals surface area contributed by atoms with Gasteiger partial charge in [-0.15, -0.1) is 0 Å². The van der Waals surface area contributed by atoms with Crippen LogP contribution in [0.15, 0.2) is 48.5 Å². The zero-order valence-electron chi connectivity index (χ0n) is 16.9. The predicted octanol–water partition coefficient (Wildman–Crippen LogP) is 3.96. The number of carbonyl (C=O) groups is 1. The molecule has 0 saturated heterocycles. The minimum Gasteiger partial charge on any atom is -0.331 e. The molecule has 0 saturated carbocycles. The molecule has 6 nitrogen and oxygen atoms in total. The highest BCUT2D eigenvalue weighted by molar-refractivity contribution is 7.80. The Kier molecular flexibility index (Phi) is 7.19. The van der Waals surface area contributed by atoms with E-state index in [2.05, 4.69) is 30.0 Å². The number of nitrogens with zero attached hydrogens (tertiary/aromatic N) is 2. The lowest BCUT2D eigenvalue weighted by atomic mass is 10.1. The molecule has 3 aromatic rings. The van der Waals surface area contributed by atoms with Crippen molar-refractivity contribution in [3.63, 3.8) is 0 Å². The minimum atomic E-state index is -0.182. The molecule has 0 fully saturated rings. The van der Waals surface area contributed by atoms with E-state index in [0.29, 0.717) is 5.11 Å². The van der Waals surface area contributed by atoms with E-state index in [9.17, 15) is 4.79 Å². The molecule has 3 N–H and O–H groups in total. The van der Waals surface area contributed by atoms with E-state index < -0.39 is 0 Å². The first-order valence-electron chi connectivity index (χ1n) is 10.00. The normalized spacial score (nSPS) is 10.7. The van der Waals surface area contributed by atoms with Crippen LogP contribution in [-0.2, 0) is 24.2 Å². The molecule has 2 aromatic carbocycles. The van der Waals surface area contributed by atoms with Crippen LogP contribution < -0.4 is 16.2 Å². The number of anilines is 1. The Hall–Kier alpha value is -2.93. The third-order valence-corrected chi connectivity index (χ3v) is 4.96. The summed E-state index contributed by atoms with van der Waals surface area (Å²) in [6.07, 6.45) is 3.86. The van der Waals surface area contributed by atoms with Crippen molar-refractivity contribution in [2.24, 2.45) is 0 Å². The minimum absolute atomic E-state index is 0.181. The third-order valence-electron chi connectivity index (χ3n) is 4.75. The fourth-order valence-electron chi connectivity index (χ4n) is 3.24. The van der Waals surface area contributed by atoms with Gasteiger partial charge in [-0.1, -0.05) is 50.6 Å². The number of fused-ring (bicyclic) bond motifs is 1. The monoisotopic (exact) mass is 409 g/mol. The van der Waals surface area contributed by atoms with Crippen LogP contribution in [0.3, 0.4) is 0 Å². The van der Waals surface area contributed by atoms with Crippen molar-refractivity contribution in [1.29, 1.82) is 0 Å². The van der Waals surface area contributed by atoms with Gasteiger partial charge < -0.3 is 9.88 Å². The van der Waals surface area contributed by atoms with Crippen molar-refractivity contribution in [1.82, 2.24) is 20.4 Å². The van der Waals surface area contributed by atoms with Crippen LogP contribution >= 0.6 is 12.2 Å². The SMILES string of the molecule is CCCCc1nc2ccccc2n1CC(=O)NNC(=S)Nc1ccccc1CC. The second-order valence-corrected chi connectivity index (χ2v) is 7.25. The number of aryl methyl sites for hydroxylation is 2. The molecule has 152 valence electrons. The molecule has 1 heterocycles. The number of para-hydroxylation sites is 3. The topological polar surface area (TPSA) is 71.0 Å². The Morgan fingerprint density at radius 3 is 2.62 bits per heavy atom. The van der Waals surface area contributed by atoms with Crippen LogP contribution in [0.4, 0.5) is 5.69 Å². The van der Waals surface area contributed by atoms with Crippen LogP contribution in [0.1, 0.15) is 38.1 Å². The number of hydrogen-bond donors (Lipinski definition) is 3. The van der Waals surface area contributed by atoms with Crippen LogP contribution in [0.2, 0.25) is 0 Å². The quantitative estimate of drug-likeness (QED) is 0.407. The summed E-state index contributed by atoms with van der Waals surface area (Å²) < 4.78 is 1.98. The number of unbranched alkanes of at least 4 members (excludes halogenated alkanes) is 1. The van der Waals surface area contributed by atoms with Crippen molar-refractivity contribution in [3.8, 4) is 0 Å². The summed E-state index contributed by atoms with van der Waals surface area (Å²) in [7, 11) is 0. The van der Waals surface area contributed by atoms with E-state index in [-0.39, 0.29) is 12.5 Å². The van der Waals surface area contributed by atoms with Crippen LogP contribution in [0.5, 0.6) is 0 Å². The van der Waals surface area contributed by atoms with Gasteiger partial charge in [-0.2, -0.15) is 0 Å². The fourth-order valence-corrected chi connectivity index (χ4v) is 3.40. The average molecular weight is 410 g/mol. The number of carbonyl (C=O) groups excluding carboxylic acids is 1. The maximum absolute atomic E-state index is 12.6. The molecule has 0 aliphatic rings. The highest BCUT2D eigenvalue weighted by Crippen LogP contribution is 2.17. The highest BCUT2D eigenvalue weighted by Gasteiger charge is 2.13. The van der Waals surface area contributed by atoms with Gasteiger partial charge >= 0.3 is 0 Å². The molecule has 7 heteroatoms. The highest BCUT2D eigenvalue weighted by atomic mass is 32.1. The largest absolute Gasteiger partial charge is 0.331 e. The van der Waals surface area contributed by atoms with E-state index in [1.807, 2.05) is 53.1 Å². The number of thiocarbonyl (C=S) groups is 1. The average Bonchev–Trinajstić information content (AvgIpc) is 3.08. The first-order chi connectivity index (χ1) is 14.1. The molecule has 1 aromatic heterocycles. The number of aromatic nitrogens is 2. The summed E-state index contributed by atoms with van der Waals surface area (Å²) >= 11 is 5.31. The number of amides is 1. The maximum atomic E-state index is 12.6. The van der Waals surface area contributed by atoms with Gasteiger partial charge in [-0.25, -0.2) is 4.98 Å². The molecule has 0 spiro atoms. The van der Waals surface area contributed by atoms with Crippen LogP contribution in [-0.4, -0.2) is 20.6 Å². The van der Waals surface area contributed by atoms with Crippen molar-refractivity contribution in [2.75, 3.05) is 5.32 Å². The zero-order valence-corrected chi connectivity index (χ0v) is 17.7. The van der Waals surface area contributed by atoms with Gasteiger partial charge in [-0.05, 0) is 48.8 Å². The molecule has 29 heavy (non-hydrogen) atoms. The third kappa shape index (κ3) is 5.32. The zero-order chi connectivity index (χ0) is 20.6. The first kappa shape index (κ1) is 20.8. The summed E-state index contributed by atoms with van der Waals surface area (Å²) in [4.78, 5) is 17.2. The smallest absolute Gasteiger partial charge is 0.258 e. The number of hydrazine groups is 1. The fraction of sp³-hybridized carbons (Fsp3) is 0.318. The molecular formula is C22H27N5OS. The van der Waals surface area contributed by atoms with Gasteiger partial charge in [0.1, 0.15) is 12.4 Å². The number of imidazole rings is 1. The predicted molar refractivity (Wildman–Crippen MR) is 122 cm³/mol. The lowest BCUT2D eigenvalue weighted by Gasteiger charge is -2.15. The van der Waals surface area contributed by atoms with E-state index >= 15 is 0 Å². The molecular weight excluding hydrogens is 382 g/mol. The summed E-state index contributed by atoms with van der Waals surface area (Å²) in [6.45, 7) is 4.42. The first-order valence-corrected chi connectivity index (χ1v) is 10.4. The lowest BCUT2D eigenvalue weighted by Crippen LogP contribution is -2.45. The van der Waals surface area contributed by atoms with Crippen molar-refractivity contribution < 1.29 is 4.79 Å². The second kappa shape index (κ2) is 10.0. The Morgan fingerprint density at radius 2 is 1.83 bits per heavy atom. The summed E-state index contributed by atoms with van der Waals surface area (Å²) in [5.41, 5.74) is 9.45. The van der Waals surface area contributed by atoms with Crippen molar-refractivity contribution in [2.45, 2.75) is 46.1 Å². The van der Waals surface area contributed by atoms with Gasteiger partial charge in [0.05, 0.1) is 11.0 Å². The van der Waals surface area contributed by atoms with E-state index in [4.69, 9.17) is 17.2 Å². The lowest BCUT2D eigenvalue weighted by molar-refractivity contribution is -0.122. The van der Waals surface area contributed by atoms with Crippen LogP contribution in [0, 0.1) is 0 Å². The molecule has 0 bridgehead atoms. The molecule has 0 unspecified atom stereocenters. The van der Waals surface area contributed by atoms with Crippen LogP contribution in [0.25, 0.3) is 11.0 Å². The molecule has 3 rings (SSSR count). The number of nitrogens with one attached hydrogen (secondary N) is 3. The Morgan fingerprint density at radius 1 is 1.07 bits per heavy atom. The number of rotatable bonds is 7. The van der Waals surface area contributed by atoms with Crippen molar-refractivity contribution >= 4 is 40.0 Å². The number of hydrogen-bond acceptors (Lipinski definition) is 3. The van der Waals surface area contributed by atoms with Gasteiger partial charge in [0, 0.05) is 12.1 Å².